The molecule has 0 radical (unpaired) electrons. The van der Waals surface area contributed by atoms with Crippen LogP contribution in [0.5, 0.6) is 0 Å². The highest BCUT2D eigenvalue weighted by Crippen LogP contribution is 2.39. The minimum absolute atomic E-state index is 0.0232. The Bertz CT molecular complexity index is 623. The molecule has 0 fully saturated rings. The molecule has 0 saturated carbocycles. The van der Waals surface area contributed by atoms with E-state index in [-0.39, 0.29) is 21.8 Å². The van der Waals surface area contributed by atoms with Crippen LogP contribution in [-0.4, -0.2) is 0 Å². The summed E-state index contributed by atoms with van der Waals surface area (Å²) in [6, 6.07) is 6.72. The van der Waals surface area contributed by atoms with Crippen LogP contribution in [0.2, 0.25) is 5.02 Å². The van der Waals surface area contributed by atoms with Gasteiger partial charge in [0.25, 0.3) is 0 Å². The summed E-state index contributed by atoms with van der Waals surface area (Å²) in [5, 5.41) is -0.0364. The van der Waals surface area contributed by atoms with E-state index in [1.54, 1.807) is 0 Å². The number of hydrogen-bond acceptors (Lipinski definition) is 1. The van der Waals surface area contributed by atoms with Crippen molar-refractivity contribution >= 4 is 17.3 Å². The summed E-state index contributed by atoms with van der Waals surface area (Å²) < 4.78 is 52.4. The van der Waals surface area contributed by atoms with E-state index in [0.717, 1.165) is 18.2 Å². The van der Waals surface area contributed by atoms with Crippen molar-refractivity contribution in [2.24, 2.45) is 0 Å². The van der Waals surface area contributed by atoms with E-state index in [1.807, 2.05) is 0 Å². The van der Waals surface area contributed by atoms with Gasteiger partial charge in [0, 0.05) is 5.56 Å². The van der Waals surface area contributed by atoms with Crippen LogP contribution in [0.25, 0.3) is 11.1 Å². The van der Waals surface area contributed by atoms with Gasteiger partial charge >= 0.3 is 6.18 Å². The number of hydrogen-bond donors (Lipinski definition) is 1. The zero-order valence-electron chi connectivity index (χ0n) is 9.43. The summed E-state index contributed by atoms with van der Waals surface area (Å²) in [4.78, 5) is 0. The highest BCUT2D eigenvalue weighted by atomic mass is 35.5. The fourth-order valence-electron chi connectivity index (χ4n) is 1.74. The Hall–Kier alpha value is -1.75. The molecule has 0 aromatic heterocycles. The second-order valence-corrected chi connectivity index (χ2v) is 4.30. The third kappa shape index (κ3) is 2.66. The molecule has 6 heteroatoms. The van der Waals surface area contributed by atoms with Crippen molar-refractivity contribution in [2.45, 2.75) is 6.18 Å². The van der Waals surface area contributed by atoms with Crippen molar-refractivity contribution < 1.29 is 17.6 Å². The quantitative estimate of drug-likeness (QED) is 0.595. The Morgan fingerprint density at radius 1 is 1.00 bits per heavy atom. The van der Waals surface area contributed by atoms with Crippen LogP contribution in [-0.2, 0) is 6.18 Å². The van der Waals surface area contributed by atoms with Gasteiger partial charge in [-0.1, -0.05) is 29.8 Å². The second kappa shape index (κ2) is 4.74. The van der Waals surface area contributed by atoms with Crippen LogP contribution >= 0.6 is 11.6 Å². The van der Waals surface area contributed by atoms with Gasteiger partial charge in [-0.15, -0.1) is 0 Å². The fraction of sp³-hybridized carbons (Fsp3) is 0.0769. The Kier molecular flexibility index (Phi) is 3.41. The van der Waals surface area contributed by atoms with Crippen LogP contribution in [0.4, 0.5) is 23.2 Å². The number of halogens is 5. The predicted octanol–water partition coefficient (Wildman–Crippen LogP) is 4.75. The second-order valence-electron chi connectivity index (χ2n) is 3.90. The first-order chi connectivity index (χ1) is 8.80. The molecule has 0 aliphatic carbocycles. The SMILES string of the molecule is Nc1cc(-c2ccccc2C(F)(F)F)c(F)cc1Cl. The van der Waals surface area contributed by atoms with E-state index in [0.29, 0.717) is 0 Å². The molecule has 100 valence electrons. The molecule has 2 rings (SSSR count). The van der Waals surface area contributed by atoms with Gasteiger partial charge in [-0.3, -0.25) is 0 Å². The summed E-state index contributed by atoms with van der Waals surface area (Å²) in [6.45, 7) is 0. The number of nitrogens with two attached hydrogens (primary N) is 1. The molecule has 0 saturated heterocycles. The highest BCUT2D eigenvalue weighted by Gasteiger charge is 2.33. The molecule has 2 aromatic rings. The standard InChI is InChI=1S/C13H8ClF4N/c14-10-6-11(15)8(5-12(10)19)7-3-1-2-4-9(7)13(16,17)18/h1-6H,19H2. The van der Waals surface area contributed by atoms with Crippen molar-refractivity contribution in [3.63, 3.8) is 0 Å². The number of anilines is 1. The Labute approximate surface area is 111 Å². The maximum absolute atomic E-state index is 13.8. The van der Waals surface area contributed by atoms with Gasteiger partial charge in [0.2, 0.25) is 0 Å². The molecule has 1 nitrogen and oxygen atoms in total. The van der Waals surface area contributed by atoms with E-state index >= 15 is 0 Å². The van der Waals surface area contributed by atoms with E-state index in [1.165, 1.54) is 18.2 Å². The minimum atomic E-state index is -4.57. The average molecular weight is 290 g/mol. The summed E-state index contributed by atoms with van der Waals surface area (Å²) in [5.74, 6) is -0.851. The smallest absolute Gasteiger partial charge is 0.398 e. The number of rotatable bonds is 1. The summed E-state index contributed by atoms with van der Waals surface area (Å²) >= 11 is 5.62. The zero-order valence-corrected chi connectivity index (χ0v) is 10.2. The first kappa shape index (κ1) is 13.7. The molecule has 0 aliphatic heterocycles. The molecule has 0 unspecified atom stereocenters. The van der Waals surface area contributed by atoms with Gasteiger partial charge in [0.1, 0.15) is 5.82 Å². The van der Waals surface area contributed by atoms with E-state index in [4.69, 9.17) is 17.3 Å². The lowest BCUT2D eigenvalue weighted by atomic mass is 9.98. The number of alkyl halides is 3. The lowest BCUT2D eigenvalue weighted by Gasteiger charge is -2.14. The normalized spacial score (nSPS) is 11.6. The van der Waals surface area contributed by atoms with E-state index < -0.39 is 17.6 Å². The molecule has 0 bridgehead atoms. The van der Waals surface area contributed by atoms with E-state index in [9.17, 15) is 17.6 Å². The average Bonchev–Trinajstić information content (AvgIpc) is 2.33. The van der Waals surface area contributed by atoms with Gasteiger partial charge in [-0.25, -0.2) is 4.39 Å². The van der Waals surface area contributed by atoms with Gasteiger partial charge in [0.05, 0.1) is 16.3 Å². The first-order valence-corrected chi connectivity index (χ1v) is 5.59. The minimum Gasteiger partial charge on any atom is -0.398 e. The largest absolute Gasteiger partial charge is 0.417 e. The lowest BCUT2D eigenvalue weighted by molar-refractivity contribution is -0.137. The molecule has 0 aliphatic rings. The number of nitrogen functional groups attached to an aromatic ring is 1. The van der Waals surface area contributed by atoms with Crippen molar-refractivity contribution in [3.05, 3.63) is 52.8 Å². The molecule has 2 N–H and O–H groups in total. The van der Waals surface area contributed by atoms with Crippen LogP contribution in [0.3, 0.4) is 0 Å². The third-order valence-electron chi connectivity index (χ3n) is 2.61. The summed E-state index contributed by atoms with van der Waals surface area (Å²) in [7, 11) is 0. The van der Waals surface area contributed by atoms with Crippen LogP contribution in [0.1, 0.15) is 5.56 Å². The summed E-state index contributed by atoms with van der Waals surface area (Å²) in [6.07, 6.45) is -4.57. The maximum atomic E-state index is 13.8. The van der Waals surface area contributed by atoms with Crippen LogP contribution in [0.15, 0.2) is 36.4 Å². The van der Waals surface area contributed by atoms with Gasteiger partial charge in [-0.05, 0) is 23.8 Å². The Morgan fingerprint density at radius 2 is 1.63 bits per heavy atom. The maximum Gasteiger partial charge on any atom is 0.417 e. The van der Waals surface area contributed by atoms with Gasteiger partial charge in [-0.2, -0.15) is 13.2 Å². The lowest BCUT2D eigenvalue weighted by Crippen LogP contribution is -2.07. The molecule has 19 heavy (non-hydrogen) atoms. The summed E-state index contributed by atoms with van der Waals surface area (Å²) in [5.41, 5.74) is 4.11. The van der Waals surface area contributed by atoms with Crippen LogP contribution < -0.4 is 5.73 Å². The Balaban J connectivity index is 2.70. The zero-order chi connectivity index (χ0) is 14.2. The molecular weight excluding hydrogens is 282 g/mol. The van der Waals surface area contributed by atoms with Crippen LogP contribution in [0, 0.1) is 5.82 Å². The molecule has 0 spiro atoms. The fourth-order valence-corrected chi connectivity index (χ4v) is 1.89. The molecule has 2 aromatic carbocycles. The monoisotopic (exact) mass is 289 g/mol. The van der Waals surface area contributed by atoms with Crippen molar-refractivity contribution in [2.75, 3.05) is 5.73 Å². The van der Waals surface area contributed by atoms with Crippen molar-refractivity contribution in [1.29, 1.82) is 0 Å². The Morgan fingerprint density at radius 3 is 2.26 bits per heavy atom. The van der Waals surface area contributed by atoms with Crippen molar-refractivity contribution in [3.8, 4) is 11.1 Å². The van der Waals surface area contributed by atoms with Gasteiger partial charge in [0.15, 0.2) is 0 Å². The van der Waals surface area contributed by atoms with Crippen molar-refractivity contribution in [1.82, 2.24) is 0 Å². The highest BCUT2D eigenvalue weighted by molar-refractivity contribution is 6.33. The molecule has 0 atom stereocenters. The topological polar surface area (TPSA) is 26.0 Å². The first-order valence-electron chi connectivity index (χ1n) is 5.22. The predicted molar refractivity (Wildman–Crippen MR) is 66.3 cm³/mol. The molecule has 0 heterocycles. The van der Waals surface area contributed by atoms with E-state index in [2.05, 4.69) is 0 Å². The molecule has 0 amide bonds. The number of benzene rings is 2. The third-order valence-corrected chi connectivity index (χ3v) is 2.94. The molecular formula is C13H8ClF4N. The van der Waals surface area contributed by atoms with Gasteiger partial charge < -0.3 is 5.73 Å².